The SMILES string of the molecule is COc1cc2c(c3c1OC(C)(C)C3)C(c1ccc(C(=O)Nc3cccnc3)cc1)=NC(C)(C)C2. The van der Waals surface area contributed by atoms with Crippen LogP contribution in [0.4, 0.5) is 5.69 Å². The fourth-order valence-corrected chi connectivity index (χ4v) is 4.85. The second kappa shape index (κ2) is 7.97. The fraction of sp³-hybridized carbons (Fsp3) is 0.321. The number of rotatable bonds is 4. The van der Waals surface area contributed by atoms with E-state index in [0.717, 1.165) is 46.7 Å². The Morgan fingerprint density at radius 3 is 2.53 bits per heavy atom. The van der Waals surface area contributed by atoms with Gasteiger partial charge in [0.05, 0.1) is 30.2 Å². The maximum absolute atomic E-state index is 12.7. The van der Waals surface area contributed by atoms with Crippen LogP contribution in [-0.4, -0.2) is 34.9 Å². The van der Waals surface area contributed by atoms with Crippen molar-refractivity contribution >= 4 is 17.3 Å². The van der Waals surface area contributed by atoms with E-state index < -0.39 is 0 Å². The second-order valence-corrected chi connectivity index (χ2v) is 10.2. The highest BCUT2D eigenvalue weighted by Crippen LogP contribution is 2.47. The quantitative estimate of drug-likeness (QED) is 0.585. The normalized spacial score (nSPS) is 17.1. The molecular formula is C28H29N3O3. The van der Waals surface area contributed by atoms with Crippen LogP contribution < -0.4 is 14.8 Å². The van der Waals surface area contributed by atoms with Crippen LogP contribution in [0.3, 0.4) is 0 Å². The molecule has 3 heterocycles. The summed E-state index contributed by atoms with van der Waals surface area (Å²) in [6, 6.07) is 13.3. The lowest BCUT2D eigenvalue weighted by Gasteiger charge is -2.31. The molecule has 6 heteroatoms. The minimum atomic E-state index is -0.308. The van der Waals surface area contributed by atoms with Crippen LogP contribution >= 0.6 is 0 Å². The van der Waals surface area contributed by atoms with E-state index in [-0.39, 0.29) is 17.0 Å². The number of aliphatic imine (C=N–C) groups is 1. The topological polar surface area (TPSA) is 72.8 Å². The van der Waals surface area contributed by atoms with Gasteiger partial charge in [-0.1, -0.05) is 12.1 Å². The Hall–Kier alpha value is -3.67. The Morgan fingerprint density at radius 1 is 1.09 bits per heavy atom. The van der Waals surface area contributed by atoms with Gasteiger partial charge in [0.1, 0.15) is 5.60 Å². The van der Waals surface area contributed by atoms with Crippen LogP contribution in [0.2, 0.25) is 0 Å². The van der Waals surface area contributed by atoms with Gasteiger partial charge in [-0.25, -0.2) is 0 Å². The van der Waals surface area contributed by atoms with E-state index in [4.69, 9.17) is 14.5 Å². The number of amides is 1. The van der Waals surface area contributed by atoms with Crippen molar-refractivity contribution < 1.29 is 14.3 Å². The van der Waals surface area contributed by atoms with E-state index in [1.165, 1.54) is 5.56 Å². The molecule has 0 saturated carbocycles. The van der Waals surface area contributed by atoms with Gasteiger partial charge in [0, 0.05) is 34.9 Å². The first kappa shape index (κ1) is 22.1. The highest BCUT2D eigenvalue weighted by Gasteiger charge is 2.39. The number of ether oxygens (including phenoxy) is 2. The fourth-order valence-electron chi connectivity index (χ4n) is 4.85. The molecule has 6 nitrogen and oxygen atoms in total. The predicted octanol–water partition coefficient (Wildman–Crippen LogP) is 5.23. The van der Waals surface area contributed by atoms with Crippen LogP contribution in [0.15, 0.2) is 59.9 Å². The van der Waals surface area contributed by atoms with Gasteiger partial charge in [0.2, 0.25) is 0 Å². The maximum atomic E-state index is 12.7. The molecule has 174 valence electrons. The maximum Gasteiger partial charge on any atom is 0.255 e. The predicted molar refractivity (Wildman–Crippen MR) is 133 cm³/mol. The molecule has 34 heavy (non-hydrogen) atoms. The van der Waals surface area contributed by atoms with Crippen molar-refractivity contribution in [3.8, 4) is 11.5 Å². The van der Waals surface area contributed by atoms with E-state index in [1.54, 1.807) is 25.6 Å². The third kappa shape index (κ3) is 4.04. The third-order valence-electron chi connectivity index (χ3n) is 6.24. The lowest BCUT2D eigenvalue weighted by atomic mass is 9.81. The Balaban J connectivity index is 1.54. The smallest absolute Gasteiger partial charge is 0.255 e. The zero-order valence-electron chi connectivity index (χ0n) is 20.2. The molecule has 0 fully saturated rings. The lowest BCUT2D eigenvalue weighted by molar-refractivity contribution is 0.102. The number of hydrogen-bond donors (Lipinski definition) is 1. The zero-order chi connectivity index (χ0) is 24.1. The first-order chi connectivity index (χ1) is 16.2. The van der Waals surface area contributed by atoms with Crippen LogP contribution in [0.5, 0.6) is 11.5 Å². The molecule has 1 amide bonds. The highest BCUT2D eigenvalue weighted by molar-refractivity contribution is 6.16. The van der Waals surface area contributed by atoms with Gasteiger partial charge in [-0.15, -0.1) is 0 Å². The number of aromatic nitrogens is 1. The number of hydrogen-bond acceptors (Lipinski definition) is 5. The number of benzene rings is 2. The van der Waals surface area contributed by atoms with E-state index >= 15 is 0 Å². The number of carbonyl (C=O) groups excluding carboxylic acids is 1. The summed E-state index contributed by atoms with van der Waals surface area (Å²) in [6.45, 7) is 8.48. The molecule has 1 N–H and O–H groups in total. The standard InChI is InChI=1S/C28H29N3O3/c1-27(2)14-19-13-22(33-5)25-21(15-28(3,4)34-25)23(19)24(31-27)17-8-10-18(11-9-17)26(32)30-20-7-6-12-29-16-20/h6-13,16H,14-15H2,1-5H3,(H,30,32). The van der Waals surface area contributed by atoms with Crippen molar-refractivity contribution in [3.05, 3.63) is 82.7 Å². The molecule has 0 saturated heterocycles. The van der Waals surface area contributed by atoms with Crippen LogP contribution in [0, 0.1) is 0 Å². The van der Waals surface area contributed by atoms with Crippen LogP contribution in [-0.2, 0) is 12.8 Å². The number of nitrogens with zero attached hydrogens (tertiary/aromatic N) is 2. The van der Waals surface area contributed by atoms with Crippen molar-refractivity contribution in [2.45, 2.75) is 51.7 Å². The molecule has 1 aromatic heterocycles. The molecule has 0 atom stereocenters. The molecule has 5 rings (SSSR count). The van der Waals surface area contributed by atoms with Gasteiger partial charge < -0.3 is 14.8 Å². The minimum Gasteiger partial charge on any atom is -0.493 e. The molecule has 0 unspecified atom stereocenters. The summed E-state index contributed by atoms with van der Waals surface area (Å²) in [5.41, 5.74) is 6.08. The number of pyridine rings is 1. The Kier molecular flexibility index (Phi) is 5.19. The first-order valence-corrected chi connectivity index (χ1v) is 11.5. The van der Waals surface area contributed by atoms with Gasteiger partial charge in [-0.05, 0) is 70.0 Å². The van der Waals surface area contributed by atoms with E-state index in [9.17, 15) is 4.79 Å². The molecule has 0 aliphatic carbocycles. The number of fused-ring (bicyclic) bond motifs is 3. The van der Waals surface area contributed by atoms with Crippen molar-refractivity contribution in [2.75, 3.05) is 12.4 Å². The molecule has 0 radical (unpaired) electrons. The van der Waals surface area contributed by atoms with E-state index in [0.29, 0.717) is 11.3 Å². The van der Waals surface area contributed by atoms with E-state index in [2.05, 4.69) is 44.1 Å². The summed E-state index contributed by atoms with van der Waals surface area (Å²) in [5, 5.41) is 2.88. The summed E-state index contributed by atoms with van der Waals surface area (Å²) in [5.74, 6) is 1.41. The monoisotopic (exact) mass is 455 g/mol. The first-order valence-electron chi connectivity index (χ1n) is 11.5. The van der Waals surface area contributed by atoms with Gasteiger partial charge >= 0.3 is 0 Å². The summed E-state index contributed by atoms with van der Waals surface area (Å²) in [7, 11) is 1.69. The summed E-state index contributed by atoms with van der Waals surface area (Å²) >= 11 is 0. The van der Waals surface area contributed by atoms with Crippen LogP contribution in [0.25, 0.3) is 0 Å². The highest BCUT2D eigenvalue weighted by atomic mass is 16.5. The third-order valence-corrected chi connectivity index (χ3v) is 6.24. The number of nitrogens with one attached hydrogen (secondary N) is 1. The number of methoxy groups -OCH3 is 1. The Labute approximate surface area is 200 Å². The summed E-state index contributed by atoms with van der Waals surface area (Å²) in [6.07, 6.45) is 4.90. The molecule has 0 bridgehead atoms. The average Bonchev–Trinajstić information content (AvgIpc) is 3.12. The van der Waals surface area contributed by atoms with Crippen molar-refractivity contribution in [2.24, 2.45) is 4.99 Å². The van der Waals surface area contributed by atoms with Gasteiger partial charge in [0.15, 0.2) is 11.5 Å². The lowest BCUT2D eigenvalue weighted by Crippen LogP contribution is -2.30. The largest absolute Gasteiger partial charge is 0.493 e. The van der Waals surface area contributed by atoms with Crippen molar-refractivity contribution in [1.82, 2.24) is 4.98 Å². The summed E-state index contributed by atoms with van der Waals surface area (Å²) in [4.78, 5) is 21.9. The van der Waals surface area contributed by atoms with Crippen molar-refractivity contribution in [3.63, 3.8) is 0 Å². The number of anilines is 1. The molecule has 0 spiro atoms. The molecule has 2 aromatic carbocycles. The van der Waals surface area contributed by atoms with Crippen molar-refractivity contribution in [1.29, 1.82) is 0 Å². The number of carbonyl (C=O) groups is 1. The average molecular weight is 456 g/mol. The zero-order valence-corrected chi connectivity index (χ0v) is 20.2. The van der Waals surface area contributed by atoms with Gasteiger partial charge in [0.25, 0.3) is 5.91 Å². The Morgan fingerprint density at radius 2 is 1.85 bits per heavy atom. The van der Waals surface area contributed by atoms with Gasteiger partial charge in [-0.3, -0.25) is 14.8 Å². The minimum absolute atomic E-state index is 0.174. The molecule has 2 aliphatic rings. The molecule has 3 aromatic rings. The van der Waals surface area contributed by atoms with Gasteiger partial charge in [-0.2, -0.15) is 0 Å². The van der Waals surface area contributed by atoms with Crippen LogP contribution in [0.1, 0.15) is 60.3 Å². The molecular weight excluding hydrogens is 426 g/mol. The summed E-state index contributed by atoms with van der Waals surface area (Å²) < 4.78 is 12.0. The molecule has 2 aliphatic heterocycles. The van der Waals surface area contributed by atoms with E-state index in [1.807, 2.05) is 30.3 Å². The Bertz CT molecular complexity index is 1290. The second-order valence-electron chi connectivity index (χ2n) is 10.2.